The Balaban J connectivity index is 1.71. The van der Waals surface area contributed by atoms with Crippen LogP contribution in [-0.2, 0) is 14.2 Å². The zero-order valence-corrected chi connectivity index (χ0v) is 16.7. The minimum atomic E-state index is -1.70. The fourth-order valence-corrected chi connectivity index (χ4v) is 4.39. The number of anilines is 1. The zero-order chi connectivity index (χ0) is 22.0. The van der Waals surface area contributed by atoms with Crippen molar-refractivity contribution in [3.63, 3.8) is 0 Å². The number of aliphatic hydroxyl groups excluding tert-OH is 7. The van der Waals surface area contributed by atoms with Crippen LogP contribution < -0.4 is 5.73 Å². The molecule has 30 heavy (non-hydrogen) atoms. The molecule has 170 valence electrons. The fourth-order valence-electron chi connectivity index (χ4n) is 3.33. The van der Waals surface area contributed by atoms with Gasteiger partial charge in [-0.15, -0.1) is 0 Å². The maximum absolute atomic E-state index is 10.6. The minimum Gasteiger partial charge on any atom is -0.399 e. The monoisotopic (exact) mass is 449 g/mol. The number of thioether (sulfide) groups is 1. The molecular formula is C18H27NO10S. The molecule has 2 heterocycles. The first-order chi connectivity index (χ1) is 14.3. The van der Waals surface area contributed by atoms with Gasteiger partial charge in [0, 0.05) is 10.6 Å². The summed E-state index contributed by atoms with van der Waals surface area (Å²) in [6.45, 7) is -1.23. The van der Waals surface area contributed by atoms with E-state index >= 15 is 0 Å². The Hall–Kier alpha value is -1.03. The molecule has 0 aliphatic carbocycles. The van der Waals surface area contributed by atoms with E-state index in [0.717, 1.165) is 11.8 Å². The maximum atomic E-state index is 10.6. The summed E-state index contributed by atoms with van der Waals surface area (Å²) in [7, 11) is 0. The molecule has 11 nitrogen and oxygen atoms in total. The van der Waals surface area contributed by atoms with E-state index in [1.165, 1.54) is 0 Å². The summed E-state index contributed by atoms with van der Waals surface area (Å²) >= 11 is 1.12. The highest BCUT2D eigenvalue weighted by Crippen LogP contribution is 2.35. The lowest BCUT2D eigenvalue weighted by atomic mass is 9.97. The van der Waals surface area contributed by atoms with Crippen LogP contribution >= 0.6 is 11.8 Å². The predicted octanol–water partition coefficient (Wildman–Crippen LogP) is -3.01. The molecule has 9 N–H and O–H groups in total. The molecule has 0 amide bonds. The molecule has 12 heteroatoms. The van der Waals surface area contributed by atoms with Crippen molar-refractivity contribution in [2.75, 3.05) is 18.9 Å². The number of nitrogens with two attached hydrogens (primary N) is 1. The smallest absolute Gasteiger partial charge is 0.187 e. The van der Waals surface area contributed by atoms with Crippen LogP contribution in [0.15, 0.2) is 29.2 Å². The van der Waals surface area contributed by atoms with Gasteiger partial charge in [0.2, 0.25) is 0 Å². The van der Waals surface area contributed by atoms with Crippen molar-refractivity contribution in [2.24, 2.45) is 0 Å². The Morgan fingerprint density at radius 1 is 0.800 bits per heavy atom. The Morgan fingerprint density at radius 3 is 2.03 bits per heavy atom. The predicted molar refractivity (Wildman–Crippen MR) is 103 cm³/mol. The molecule has 2 aliphatic heterocycles. The van der Waals surface area contributed by atoms with Gasteiger partial charge < -0.3 is 55.7 Å². The average molecular weight is 449 g/mol. The molecule has 0 saturated carbocycles. The third kappa shape index (κ3) is 4.89. The standard InChI is InChI=1S/C18H27NO10S/c19-7-1-3-8(4-2-7)30-18-15(26)13(24)16(10(6-21)28-18)29-17-14(25)12(23)11(22)9(5-20)27-17/h1-4,9-18,20-26H,5-6,19H2/t9?,10?,11-,12?,13?,14?,15?,16-,17+,18+/m1/s1. The number of hydrogen-bond donors (Lipinski definition) is 8. The van der Waals surface area contributed by atoms with Gasteiger partial charge in [-0.05, 0) is 24.3 Å². The van der Waals surface area contributed by atoms with E-state index in [9.17, 15) is 35.7 Å². The van der Waals surface area contributed by atoms with Crippen LogP contribution in [0.2, 0.25) is 0 Å². The van der Waals surface area contributed by atoms with Gasteiger partial charge >= 0.3 is 0 Å². The van der Waals surface area contributed by atoms with E-state index in [0.29, 0.717) is 10.6 Å². The summed E-state index contributed by atoms with van der Waals surface area (Å²) in [4.78, 5) is 0.713. The van der Waals surface area contributed by atoms with E-state index in [1.807, 2.05) is 0 Å². The van der Waals surface area contributed by atoms with Crippen LogP contribution in [0.25, 0.3) is 0 Å². The fraction of sp³-hybridized carbons (Fsp3) is 0.667. The van der Waals surface area contributed by atoms with Crippen molar-refractivity contribution < 1.29 is 50.0 Å². The SMILES string of the molecule is Nc1ccc(S[C@@H]2OC(CO)[C@@H](O[C@@H]3OC(CO)[C@@H](O)C(O)C3O)C(O)C2O)cc1. The van der Waals surface area contributed by atoms with Crippen LogP contribution in [0.5, 0.6) is 0 Å². The first-order valence-corrected chi connectivity index (χ1v) is 10.3. The maximum Gasteiger partial charge on any atom is 0.187 e. The first kappa shape index (κ1) is 23.6. The highest BCUT2D eigenvalue weighted by Gasteiger charge is 2.50. The number of nitrogen functional groups attached to an aromatic ring is 1. The van der Waals surface area contributed by atoms with E-state index in [1.54, 1.807) is 24.3 Å². The molecule has 1 aromatic rings. The molecule has 1 aromatic carbocycles. The molecule has 0 aromatic heterocycles. The largest absolute Gasteiger partial charge is 0.399 e. The van der Waals surface area contributed by atoms with Crippen LogP contribution in [0.4, 0.5) is 5.69 Å². The van der Waals surface area contributed by atoms with Gasteiger partial charge in [-0.2, -0.15) is 0 Å². The van der Waals surface area contributed by atoms with E-state index in [-0.39, 0.29) is 0 Å². The Labute approximate surface area is 176 Å². The molecule has 3 rings (SSSR count). The van der Waals surface area contributed by atoms with Gasteiger partial charge in [0.1, 0.15) is 54.3 Å². The molecule has 0 bridgehead atoms. The van der Waals surface area contributed by atoms with Gasteiger partial charge in [-0.3, -0.25) is 0 Å². The number of rotatable bonds is 6. The van der Waals surface area contributed by atoms with Crippen molar-refractivity contribution in [1.82, 2.24) is 0 Å². The molecule has 0 radical (unpaired) electrons. The summed E-state index contributed by atoms with van der Waals surface area (Å²) in [6.07, 6.45) is -13.1. The summed E-state index contributed by atoms with van der Waals surface area (Å²) in [5.41, 5.74) is 5.27. The Bertz CT molecular complexity index is 677. The van der Waals surface area contributed by atoms with Crippen LogP contribution in [0.1, 0.15) is 0 Å². The lowest BCUT2D eigenvalue weighted by Crippen LogP contribution is -2.64. The normalized spacial score (nSPS) is 42.2. The van der Waals surface area contributed by atoms with Crippen molar-refractivity contribution in [1.29, 1.82) is 0 Å². The summed E-state index contributed by atoms with van der Waals surface area (Å²) in [5, 5.41) is 70.0. The topological polar surface area (TPSA) is 195 Å². The molecule has 2 aliphatic rings. The Kier molecular flexibility index (Phi) is 7.92. The summed E-state index contributed by atoms with van der Waals surface area (Å²) in [5.74, 6) is 0. The third-order valence-corrected chi connectivity index (χ3v) is 6.26. The molecule has 0 spiro atoms. The number of ether oxygens (including phenoxy) is 3. The van der Waals surface area contributed by atoms with Crippen molar-refractivity contribution in [3.05, 3.63) is 24.3 Å². The van der Waals surface area contributed by atoms with Crippen molar-refractivity contribution in [2.45, 2.75) is 65.5 Å². The molecule has 2 saturated heterocycles. The number of aliphatic hydroxyl groups is 7. The van der Waals surface area contributed by atoms with Crippen LogP contribution in [0.3, 0.4) is 0 Å². The van der Waals surface area contributed by atoms with Gasteiger partial charge in [0.05, 0.1) is 13.2 Å². The quantitative estimate of drug-likeness (QED) is 0.205. The molecule has 10 atom stereocenters. The number of hydrogen-bond acceptors (Lipinski definition) is 12. The van der Waals surface area contributed by atoms with E-state index in [2.05, 4.69) is 0 Å². The van der Waals surface area contributed by atoms with Gasteiger partial charge in [0.15, 0.2) is 6.29 Å². The van der Waals surface area contributed by atoms with Gasteiger partial charge in [0.25, 0.3) is 0 Å². The van der Waals surface area contributed by atoms with Gasteiger partial charge in [-0.1, -0.05) is 11.8 Å². The van der Waals surface area contributed by atoms with Crippen molar-refractivity contribution in [3.8, 4) is 0 Å². The Morgan fingerprint density at radius 2 is 1.43 bits per heavy atom. The zero-order valence-electron chi connectivity index (χ0n) is 15.8. The molecule has 2 fully saturated rings. The summed E-state index contributed by atoms with van der Waals surface area (Å²) < 4.78 is 16.5. The molecular weight excluding hydrogens is 422 g/mol. The van der Waals surface area contributed by atoms with Gasteiger partial charge in [-0.25, -0.2) is 0 Å². The molecule has 6 unspecified atom stereocenters. The minimum absolute atomic E-state index is 0.561. The van der Waals surface area contributed by atoms with Crippen LogP contribution in [0, 0.1) is 0 Å². The lowest BCUT2D eigenvalue weighted by Gasteiger charge is -2.46. The lowest BCUT2D eigenvalue weighted by molar-refractivity contribution is -0.338. The highest BCUT2D eigenvalue weighted by molar-refractivity contribution is 7.99. The van der Waals surface area contributed by atoms with E-state index in [4.69, 9.17) is 19.9 Å². The second-order valence-corrected chi connectivity index (χ2v) is 8.36. The van der Waals surface area contributed by atoms with Crippen molar-refractivity contribution >= 4 is 17.4 Å². The second kappa shape index (κ2) is 10.1. The van der Waals surface area contributed by atoms with Crippen LogP contribution in [-0.4, -0.2) is 110 Å². The summed E-state index contributed by atoms with van der Waals surface area (Å²) in [6, 6.07) is 6.77. The second-order valence-electron chi connectivity index (χ2n) is 7.19. The first-order valence-electron chi connectivity index (χ1n) is 9.37. The highest BCUT2D eigenvalue weighted by atomic mass is 32.2. The van der Waals surface area contributed by atoms with E-state index < -0.39 is 73.8 Å². The average Bonchev–Trinajstić information content (AvgIpc) is 2.74. The third-order valence-electron chi connectivity index (χ3n) is 5.09. The number of benzene rings is 1.